The molecule has 0 aromatic heterocycles. The molecule has 2 amide bonds. The predicted octanol–water partition coefficient (Wildman–Crippen LogP) is 4.15. The Hall–Kier alpha value is -2.41. The summed E-state index contributed by atoms with van der Waals surface area (Å²) in [5.74, 6) is 4.52. The maximum Gasteiger partial charge on any atom is 0.299 e. The van der Waals surface area contributed by atoms with E-state index in [4.69, 9.17) is 5.73 Å². The van der Waals surface area contributed by atoms with E-state index in [-0.39, 0.29) is 17.6 Å². The number of hydrogen-bond acceptors (Lipinski definition) is 6. The first-order valence-electron chi connectivity index (χ1n) is 15.3. The molecule has 2 rings (SSSR count). The summed E-state index contributed by atoms with van der Waals surface area (Å²) in [5, 5.41) is 22.2. The van der Waals surface area contributed by atoms with Crippen molar-refractivity contribution in [2.75, 3.05) is 0 Å². The Kier molecular flexibility index (Phi) is 13.5. The molecular formula is C33H52N2O6S. The molecule has 1 aliphatic carbocycles. The first kappa shape index (κ1) is 35.8. The minimum atomic E-state index is -3.38. The molecule has 0 bridgehead atoms. The zero-order valence-corrected chi connectivity index (χ0v) is 27.1. The van der Waals surface area contributed by atoms with Crippen LogP contribution in [0.5, 0.6) is 0 Å². The molecule has 236 valence electrons. The zero-order valence-electron chi connectivity index (χ0n) is 26.3. The van der Waals surface area contributed by atoms with Gasteiger partial charge in [-0.2, -0.15) is 0 Å². The van der Waals surface area contributed by atoms with E-state index in [9.17, 15) is 28.2 Å². The van der Waals surface area contributed by atoms with Crippen molar-refractivity contribution in [3.63, 3.8) is 0 Å². The smallest absolute Gasteiger partial charge is 0.299 e. The molecule has 9 heteroatoms. The Morgan fingerprint density at radius 2 is 1.64 bits per heavy atom. The van der Waals surface area contributed by atoms with Gasteiger partial charge in [-0.3, -0.25) is 9.59 Å². The molecule has 0 spiro atoms. The molecule has 0 heterocycles. The SMILES string of the molecule is CC(C)C[C@H](O)[C@H](O)[C@@H](CC1CCCCC1)N(C(=O)C#CCCc1ccccc1CS(=O)(=O)C(C)(C)C)[C@H](C)C(N)=O. The van der Waals surface area contributed by atoms with Gasteiger partial charge in [-0.25, -0.2) is 8.42 Å². The molecule has 4 N–H and O–H groups in total. The van der Waals surface area contributed by atoms with Crippen LogP contribution in [0.4, 0.5) is 0 Å². The largest absolute Gasteiger partial charge is 0.390 e. The number of aryl methyl sites for hydroxylation is 1. The van der Waals surface area contributed by atoms with E-state index in [2.05, 4.69) is 11.8 Å². The summed E-state index contributed by atoms with van der Waals surface area (Å²) in [6.45, 7) is 10.5. The van der Waals surface area contributed by atoms with Crippen LogP contribution in [0.15, 0.2) is 24.3 Å². The number of amides is 2. The van der Waals surface area contributed by atoms with Crippen LogP contribution in [0.2, 0.25) is 0 Å². The Bertz CT molecular complexity index is 1200. The van der Waals surface area contributed by atoms with Gasteiger partial charge in [0.1, 0.15) is 12.1 Å². The van der Waals surface area contributed by atoms with Gasteiger partial charge in [0.25, 0.3) is 5.91 Å². The molecule has 0 aliphatic heterocycles. The Morgan fingerprint density at radius 3 is 2.19 bits per heavy atom. The topological polar surface area (TPSA) is 138 Å². The summed E-state index contributed by atoms with van der Waals surface area (Å²) in [6, 6.07) is 5.48. The molecule has 0 saturated heterocycles. The summed E-state index contributed by atoms with van der Waals surface area (Å²) >= 11 is 0. The molecular weight excluding hydrogens is 552 g/mol. The van der Waals surface area contributed by atoms with Crippen molar-refractivity contribution < 1.29 is 28.2 Å². The van der Waals surface area contributed by atoms with Crippen LogP contribution in [0.3, 0.4) is 0 Å². The molecule has 42 heavy (non-hydrogen) atoms. The van der Waals surface area contributed by atoms with E-state index >= 15 is 0 Å². The molecule has 8 nitrogen and oxygen atoms in total. The van der Waals surface area contributed by atoms with Gasteiger partial charge >= 0.3 is 0 Å². The Balaban J connectivity index is 2.30. The van der Waals surface area contributed by atoms with Crippen LogP contribution in [0, 0.1) is 23.7 Å². The highest BCUT2D eigenvalue weighted by molar-refractivity contribution is 7.91. The first-order valence-corrected chi connectivity index (χ1v) is 17.0. The second-order valence-electron chi connectivity index (χ2n) is 13.2. The van der Waals surface area contributed by atoms with E-state index in [1.165, 1.54) is 11.8 Å². The van der Waals surface area contributed by atoms with Crippen LogP contribution in [0.1, 0.15) is 104 Å². The summed E-state index contributed by atoms with van der Waals surface area (Å²) in [4.78, 5) is 27.2. The van der Waals surface area contributed by atoms with Crippen molar-refractivity contribution in [1.82, 2.24) is 4.90 Å². The zero-order chi connectivity index (χ0) is 31.7. The molecule has 0 radical (unpaired) electrons. The number of hydrogen-bond donors (Lipinski definition) is 3. The van der Waals surface area contributed by atoms with Gasteiger partial charge in [-0.05, 0) is 75.8 Å². The third kappa shape index (κ3) is 10.4. The van der Waals surface area contributed by atoms with Crippen LogP contribution in [-0.2, 0) is 31.6 Å². The molecule has 1 aromatic carbocycles. The second kappa shape index (κ2) is 15.9. The lowest BCUT2D eigenvalue weighted by Crippen LogP contribution is -2.58. The monoisotopic (exact) mass is 604 g/mol. The van der Waals surface area contributed by atoms with Gasteiger partial charge in [-0.1, -0.05) is 76.1 Å². The summed E-state index contributed by atoms with van der Waals surface area (Å²) in [5.41, 5.74) is 7.21. The summed E-state index contributed by atoms with van der Waals surface area (Å²) in [6.07, 6.45) is 4.45. The average molecular weight is 605 g/mol. The fourth-order valence-corrected chi connectivity index (χ4v) is 6.70. The highest BCUT2D eigenvalue weighted by Gasteiger charge is 2.39. The number of carbonyl (C=O) groups is 2. The van der Waals surface area contributed by atoms with Gasteiger partial charge in [0.05, 0.1) is 22.6 Å². The van der Waals surface area contributed by atoms with Crippen LogP contribution in [-0.4, -0.2) is 64.4 Å². The maximum atomic E-state index is 13.6. The fraction of sp³-hybridized carbons (Fsp3) is 0.697. The van der Waals surface area contributed by atoms with Gasteiger partial charge in [0, 0.05) is 6.42 Å². The first-order chi connectivity index (χ1) is 19.5. The number of nitrogens with two attached hydrogens (primary N) is 1. The summed E-state index contributed by atoms with van der Waals surface area (Å²) in [7, 11) is -3.38. The molecule has 1 fully saturated rings. The standard InChI is InChI=1S/C33H52N2O6S/c1-23(2)20-29(36)31(38)28(21-25-14-8-7-9-15-25)35(24(3)32(34)39)30(37)19-13-12-17-26-16-10-11-18-27(26)22-42(40,41)33(4,5)6/h10-11,16,18,23-25,28-29,31,36,38H,7-9,12,14-15,17,20-22H2,1-6H3,(H2,34,39)/t24-,28-,29+,31-/m1/s1. The van der Waals surface area contributed by atoms with Crippen molar-refractivity contribution in [2.45, 2.75) is 134 Å². The molecule has 0 unspecified atom stereocenters. The fourth-order valence-electron chi connectivity index (χ4n) is 5.57. The number of sulfone groups is 1. The number of rotatable bonds is 13. The van der Waals surface area contributed by atoms with Crippen molar-refractivity contribution in [3.05, 3.63) is 35.4 Å². The Labute approximate surface area is 253 Å². The highest BCUT2D eigenvalue weighted by atomic mass is 32.2. The van der Waals surface area contributed by atoms with E-state index < -0.39 is 50.7 Å². The minimum Gasteiger partial charge on any atom is -0.390 e. The van der Waals surface area contributed by atoms with E-state index in [0.29, 0.717) is 31.2 Å². The quantitative estimate of drug-likeness (QED) is 0.289. The molecule has 1 aromatic rings. The third-order valence-corrected chi connectivity index (χ3v) is 10.9. The predicted molar refractivity (Wildman–Crippen MR) is 167 cm³/mol. The van der Waals surface area contributed by atoms with Gasteiger partial charge in [0.2, 0.25) is 5.91 Å². The normalized spacial score (nSPS) is 17.5. The lowest BCUT2D eigenvalue weighted by molar-refractivity contribution is -0.143. The molecule has 4 atom stereocenters. The van der Waals surface area contributed by atoms with Gasteiger partial charge in [0.15, 0.2) is 9.84 Å². The highest BCUT2D eigenvalue weighted by Crippen LogP contribution is 2.31. The Morgan fingerprint density at radius 1 is 1.05 bits per heavy atom. The lowest BCUT2D eigenvalue weighted by atomic mass is 9.81. The molecule has 1 saturated carbocycles. The van der Waals surface area contributed by atoms with E-state index in [1.807, 2.05) is 26.0 Å². The van der Waals surface area contributed by atoms with Crippen LogP contribution in [0.25, 0.3) is 0 Å². The minimum absolute atomic E-state index is 0.0810. The lowest BCUT2D eigenvalue weighted by Gasteiger charge is -2.40. The molecule has 1 aliphatic rings. The van der Waals surface area contributed by atoms with Crippen LogP contribution < -0.4 is 5.73 Å². The maximum absolute atomic E-state index is 13.6. The van der Waals surface area contributed by atoms with Crippen molar-refractivity contribution >= 4 is 21.7 Å². The number of carbonyl (C=O) groups excluding carboxylic acids is 2. The number of nitrogens with zero attached hydrogens (tertiary/aromatic N) is 1. The van der Waals surface area contributed by atoms with E-state index in [1.54, 1.807) is 32.9 Å². The van der Waals surface area contributed by atoms with Crippen LogP contribution >= 0.6 is 0 Å². The number of aliphatic hydroxyl groups excluding tert-OH is 2. The second-order valence-corrected chi connectivity index (χ2v) is 16.0. The van der Waals surface area contributed by atoms with Gasteiger partial charge in [-0.15, -0.1) is 0 Å². The van der Waals surface area contributed by atoms with Crippen molar-refractivity contribution in [2.24, 2.45) is 17.6 Å². The van der Waals surface area contributed by atoms with Crippen molar-refractivity contribution in [3.8, 4) is 11.8 Å². The van der Waals surface area contributed by atoms with Crippen molar-refractivity contribution in [1.29, 1.82) is 0 Å². The number of aliphatic hydroxyl groups is 2. The third-order valence-electron chi connectivity index (χ3n) is 8.33. The summed E-state index contributed by atoms with van der Waals surface area (Å²) < 4.78 is 24.7. The van der Waals surface area contributed by atoms with E-state index in [0.717, 1.165) is 37.7 Å². The average Bonchev–Trinajstić information content (AvgIpc) is 2.90. The van der Waals surface area contributed by atoms with Gasteiger partial charge < -0.3 is 20.8 Å². The number of benzene rings is 1. The number of primary amides is 1.